The van der Waals surface area contributed by atoms with E-state index in [0.717, 1.165) is 16.8 Å². The molecular weight excluding hydrogens is 455 g/mol. The fourth-order valence-electron chi connectivity index (χ4n) is 3.85. The molecule has 2 aromatic carbocycles. The number of hydrogen-bond donors (Lipinski definition) is 1. The van der Waals surface area contributed by atoms with E-state index in [1.54, 1.807) is 52.2 Å². The minimum absolute atomic E-state index is 0.196. The molecule has 3 heterocycles. The second-order valence-corrected chi connectivity index (χ2v) is 8.14. The first-order chi connectivity index (χ1) is 17.6. The van der Waals surface area contributed by atoms with Gasteiger partial charge in [-0.05, 0) is 55.0 Å². The minimum Gasteiger partial charge on any atom is -0.348 e. The van der Waals surface area contributed by atoms with Gasteiger partial charge in [0.1, 0.15) is 17.3 Å². The van der Waals surface area contributed by atoms with Crippen LogP contribution in [0.3, 0.4) is 0 Å². The van der Waals surface area contributed by atoms with Crippen LogP contribution in [-0.2, 0) is 11.3 Å². The van der Waals surface area contributed by atoms with Gasteiger partial charge in [-0.15, -0.1) is 0 Å². The van der Waals surface area contributed by atoms with Crippen molar-refractivity contribution >= 4 is 12.0 Å². The Morgan fingerprint density at radius 2 is 1.94 bits per heavy atom. The molecule has 0 unspecified atom stereocenters. The van der Waals surface area contributed by atoms with Crippen LogP contribution < -0.4 is 5.32 Å². The van der Waals surface area contributed by atoms with Gasteiger partial charge < -0.3 is 9.88 Å². The molecule has 8 heteroatoms. The molecule has 1 amide bonds. The van der Waals surface area contributed by atoms with E-state index in [9.17, 15) is 9.18 Å². The molecule has 3 aromatic heterocycles. The fraction of sp³-hybridized carbons (Fsp3) is 0.0714. The Morgan fingerprint density at radius 3 is 2.67 bits per heavy atom. The van der Waals surface area contributed by atoms with Crippen LogP contribution in [0.5, 0.6) is 0 Å². The standard InChI is InChI=1S/C28H23FN6O/c1-20-31-14-15-34(20)26-11-9-21(16-25(26)29)17-32-27(36)12-10-23-19-35(24-7-3-2-4-8-24)33-28(23)22-6-5-13-30-18-22/h2-16,18-19H,17H2,1H3,(H,32,36)/b12-10+. The molecule has 5 rings (SSSR count). The Balaban J connectivity index is 1.31. The van der Waals surface area contributed by atoms with E-state index >= 15 is 0 Å². The average Bonchev–Trinajstić information content (AvgIpc) is 3.54. The van der Waals surface area contributed by atoms with E-state index in [0.29, 0.717) is 22.8 Å². The van der Waals surface area contributed by atoms with Crippen LogP contribution in [0.15, 0.2) is 97.7 Å². The first-order valence-corrected chi connectivity index (χ1v) is 11.4. The van der Waals surface area contributed by atoms with E-state index < -0.39 is 0 Å². The number of carbonyl (C=O) groups is 1. The second-order valence-electron chi connectivity index (χ2n) is 8.14. The molecule has 0 fully saturated rings. The van der Waals surface area contributed by atoms with E-state index in [-0.39, 0.29) is 18.3 Å². The van der Waals surface area contributed by atoms with Crippen LogP contribution in [-0.4, -0.2) is 30.2 Å². The number of halogens is 1. The zero-order valence-electron chi connectivity index (χ0n) is 19.5. The maximum absolute atomic E-state index is 14.6. The van der Waals surface area contributed by atoms with Gasteiger partial charge in [-0.3, -0.25) is 9.78 Å². The number of aryl methyl sites for hydroxylation is 1. The second kappa shape index (κ2) is 10.2. The van der Waals surface area contributed by atoms with E-state index in [1.807, 2.05) is 55.6 Å². The van der Waals surface area contributed by atoms with Crippen molar-refractivity contribution in [2.24, 2.45) is 0 Å². The summed E-state index contributed by atoms with van der Waals surface area (Å²) in [5.41, 5.74) is 4.30. The number of nitrogens with zero attached hydrogens (tertiary/aromatic N) is 5. The molecule has 0 radical (unpaired) electrons. The van der Waals surface area contributed by atoms with Crippen molar-refractivity contribution in [1.82, 2.24) is 29.6 Å². The summed E-state index contributed by atoms with van der Waals surface area (Å²) in [5, 5.41) is 7.52. The highest BCUT2D eigenvalue weighted by Crippen LogP contribution is 2.24. The van der Waals surface area contributed by atoms with Gasteiger partial charge in [-0.25, -0.2) is 14.1 Å². The predicted octanol–water partition coefficient (Wildman–Crippen LogP) is 4.90. The highest BCUT2D eigenvalue weighted by molar-refractivity contribution is 5.92. The van der Waals surface area contributed by atoms with Crippen molar-refractivity contribution in [2.75, 3.05) is 0 Å². The summed E-state index contributed by atoms with van der Waals surface area (Å²) in [5.74, 6) is 0.0173. The zero-order chi connectivity index (χ0) is 24.9. The molecule has 5 aromatic rings. The largest absolute Gasteiger partial charge is 0.348 e. The molecule has 0 saturated carbocycles. The van der Waals surface area contributed by atoms with Crippen molar-refractivity contribution in [3.8, 4) is 22.6 Å². The Hall–Kier alpha value is -4.85. The lowest BCUT2D eigenvalue weighted by molar-refractivity contribution is -0.116. The number of imidazole rings is 1. The van der Waals surface area contributed by atoms with Gasteiger partial charge in [0.25, 0.3) is 0 Å². The topological polar surface area (TPSA) is 77.6 Å². The number of benzene rings is 2. The fourth-order valence-corrected chi connectivity index (χ4v) is 3.85. The average molecular weight is 479 g/mol. The molecule has 0 atom stereocenters. The number of para-hydroxylation sites is 1. The third kappa shape index (κ3) is 4.97. The summed E-state index contributed by atoms with van der Waals surface area (Å²) < 4.78 is 18.1. The molecule has 1 N–H and O–H groups in total. The Kier molecular flexibility index (Phi) is 6.48. The summed E-state index contributed by atoms with van der Waals surface area (Å²) in [6.45, 7) is 2.01. The number of pyridine rings is 1. The number of carbonyl (C=O) groups excluding carboxylic acids is 1. The number of aromatic nitrogens is 5. The lowest BCUT2D eigenvalue weighted by atomic mass is 10.1. The third-order valence-corrected chi connectivity index (χ3v) is 5.68. The van der Waals surface area contributed by atoms with Crippen molar-refractivity contribution in [2.45, 2.75) is 13.5 Å². The quantitative estimate of drug-likeness (QED) is 0.338. The molecule has 7 nitrogen and oxygen atoms in total. The maximum atomic E-state index is 14.6. The number of hydrogen-bond acceptors (Lipinski definition) is 4. The van der Waals surface area contributed by atoms with Gasteiger partial charge in [-0.1, -0.05) is 24.3 Å². The van der Waals surface area contributed by atoms with Crippen molar-refractivity contribution in [3.63, 3.8) is 0 Å². The normalized spacial score (nSPS) is 11.2. The van der Waals surface area contributed by atoms with Gasteiger partial charge in [0, 0.05) is 54.7 Å². The predicted molar refractivity (Wildman–Crippen MR) is 136 cm³/mol. The van der Waals surface area contributed by atoms with Gasteiger partial charge in [0.15, 0.2) is 0 Å². The highest BCUT2D eigenvalue weighted by Gasteiger charge is 2.12. The summed E-state index contributed by atoms with van der Waals surface area (Å²) in [6.07, 6.45) is 11.8. The van der Waals surface area contributed by atoms with E-state index in [2.05, 4.69) is 15.3 Å². The molecule has 0 aliphatic rings. The first kappa shape index (κ1) is 22.9. The van der Waals surface area contributed by atoms with Crippen LogP contribution in [0, 0.1) is 12.7 Å². The van der Waals surface area contributed by atoms with Crippen LogP contribution >= 0.6 is 0 Å². The summed E-state index contributed by atoms with van der Waals surface area (Å²) in [7, 11) is 0. The molecule has 0 spiro atoms. The number of amides is 1. The molecular formula is C28H23FN6O. The van der Waals surface area contributed by atoms with Gasteiger partial charge >= 0.3 is 0 Å². The minimum atomic E-state index is -0.382. The lowest BCUT2D eigenvalue weighted by Gasteiger charge is -2.09. The summed E-state index contributed by atoms with van der Waals surface area (Å²) >= 11 is 0. The van der Waals surface area contributed by atoms with E-state index in [1.165, 1.54) is 12.1 Å². The van der Waals surface area contributed by atoms with Crippen LogP contribution in [0.1, 0.15) is 17.0 Å². The Bertz CT molecular complexity index is 1520. The monoisotopic (exact) mass is 478 g/mol. The third-order valence-electron chi connectivity index (χ3n) is 5.68. The van der Waals surface area contributed by atoms with E-state index in [4.69, 9.17) is 5.10 Å². The highest BCUT2D eigenvalue weighted by atomic mass is 19.1. The van der Waals surface area contributed by atoms with Crippen LogP contribution in [0.2, 0.25) is 0 Å². The Labute approximate surface area is 207 Å². The van der Waals surface area contributed by atoms with Crippen molar-refractivity contribution < 1.29 is 9.18 Å². The molecule has 0 bridgehead atoms. The molecule has 0 saturated heterocycles. The molecule has 36 heavy (non-hydrogen) atoms. The SMILES string of the molecule is Cc1nccn1-c1ccc(CNC(=O)/C=C/c2cn(-c3ccccc3)nc2-c2cccnc2)cc1F. The molecule has 0 aliphatic heterocycles. The Morgan fingerprint density at radius 1 is 1.08 bits per heavy atom. The molecule has 0 aliphatic carbocycles. The van der Waals surface area contributed by atoms with Crippen LogP contribution in [0.25, 0.3) is 28.7 Å². The number of nitrogens with one attached hydrogen (secondary N) is 1. The summed E-state index contributed by atoms with van der Waals surface area (Å²) in [6, 6.07) is 18.4. The number of rotatable bonds is 7. The van der Waals surface area contributed by atoms with Gasteiger partial charge in [0.2, 0.25) is 5.91 Å². The van der Waals surface area contributed by atoms with Crippen molar-refractivity contribution in [3.05, 3.63) is 120 Å². The van der Waals surface area contributed by atoms with Gasteiger partial charge in [-0.2, -0.15) is 5.10 Å². The zero-order valence-corrected chi connectivity index (χ0v) is 19.5. The lowest BCUT2D eigenvalue weighted by Crippen LogP contribution is -2.20. The maximum Gasteiger partial charge on any atom is 0.244 e. The van der Waals surface area contributed by atoms with Crippen molar-refractivity contribution in [1.29, 1.82) is 0 Å². The summed E-state index contributed by atoms with van der Waals surface area (Å²) in [4.78, 5) is 20.9. The molecule has 178 valence electrons. The smallest absolute Gasteiger partial charge is 0.244 e. The van der Waals surface area contributed by atoms with Gasteiger partial charge in [0.05, 0.1) is 11.4 Å². The first-order valence-electron chi connectivity index (χ1n) is 11.4. The van der Waals surface area contributed by atoms with Crippen LogP contribution in [0.4, 0.5) is 4.39 Å².